The van der Waals surface area contributed by atoms with Gasteiger partial charge in [-0.15, -0.1) is 0 Å². The molecule has 0 amide bonds. The lowest BCUT2D eigenvalue weighted by Crippen LogP contribution is -2.39. The number of hydrogen-bond donors (Lipinski definition) is 2. The van der Waals surface area contributed by atoms with Gasteiger partial charge in [0, 0.05) is 29.7 Å². The number of furan rings is 1. The Morgan fingerprint density at radius 1 is 1.09 bits per heavy atom. The first-order valence-electron chi connectivity index (χ1n) is 10.5. The highest BCUT2D eigenvalue weighted by Gasteiger charge is 2.23. The van der Waals surface area contributed by atoms with Crippen molar-refractivity contribution < 1.29 is 4.42 Å². The number of nitrogens with one attached hydrogen (secondary N) is 2. The summed E-state index contributed by atoms with van der Waals surface area (Å²) in [5.41, 5.74) is 0.961. The Kier molecular flexibility index (Phi) is 7.18. The maximum Gasteiger partial charge on any atom is 0.232 e. The molecule has 2 aromatic heterocycles. The second-order valence-corrected chi connectivity index (χ2v) is 9.54. The van der Waals surface area contributed by atoms with E-state index >= 15 is 0 Å². The Morgan fingerprint density at radius 2 is 1.81 bits per heavy atom. The summed E-state index contributed by atoms with van der Waals surface area (Å²) in [4.78, 5) is 11.2. The van der Waals surface area contributed by atoms with E-state index in [-0.39, 0.29) is 0 Å². The van der Waals surface area contributed by atoms with Crippen LogP contribution in [-0.2, 0) is 6.54 Å². The molecule has 6 nitrogen and oxygen atoms in total. The van der Waals surface area contributed by atoms with E-state index in [1.54, 1.807) is 6.07 Å². The van der Waals surface area contributed by atoms with E-state index in [0.29, 0.717) is 39.6 Å². The average Bonchev–Trinajstić information content (AvgIpc) is 3.21. The molecule has 9 heteroatoms. The summed E-state index contributed by atoms with van der Waals surface area (Å²) in [7, 11) is 0. The van der Waals surface area contributed by atoms with Crippen molar-refractivity contribution in [3.8, 4) is 11.3 Å². The van der Waals surface area contributed by atoms with Crippen molar-refractivity contribution in [2.75, 3.05) is 23.3 Å². The van der Waals surface area contributed by atoms with Crippen molar-refractivity contribution in [1.29, 1.82) is 0 Å². The first kappa shape index (κ1) is 22.8. The highest BCUT2D eigenvalue weighted by Crippen LogP contribution is 2.27. The van der Waals surface area contributed by atoms with Crippen molar-refractivity contribution in [2.24, 2.45) is 11.8 Å². The van der Waals surface area contributed by atoms with Gasteiger partial charge in [0.1, 0.15) is 22.5 Å². The molecular formula is C23H25Cl2N5OS. The number of rotatable bonds is 5. The molecule has 2 atom stereocenters. The number of anilines is 2. The van der Waals surface area contributed by atoms with E-state index in [4.69, 9.17) is 39.8 Å². The van der Waals surface area contributed by atoms with Gasteiger partial charge in [-0.25, -0.2) is 4.98 Å². The fraction of sp³-hybridized carbons (Fsp3) is 0.348. The number of benzene rings is 1. The number of piperidine rings is 1. The van der Waals surface area contributed by atoms with E-state index in [1.807, 2.05) is 36.4 Å². The Labute approximate surface area is 203 Å². The summed E-state index contributed by atoms with van der Waals surface area (Å²) in [5, 5.41) is 7.61. The summed E-state index contributed by atoms with van der Waals surface area (Å²) in [5.74, 6) is 3.92. The number of halogens is 2. The van der Waals surface area contributed by atoms with E-state index in [9.17, 15) is 0 Å². The average molecular weight is 490 g/mol. The minimum absolute atomic E-state index is 0.372. The molecule has 1 saturated heterocycles. The number of hydrogen-bond acceptors (Lipinski definition) is 5. The fourth-order valence-corrected chi connectivity index (χ4v) is 4.50. The van der Waals surface area contributed by atoms with Gasteiger partial charge >= 0.3 is 0 Å². The highest BCUT2D eigenvalue weighted by atomic mass is 35.5. The third kappa shape index (κ3) is 5.91. The van der Waals surface area contributed by atoms with E-state index in [2.05, 4.69) is 39.3 Å². The van der Waals surface area contributed by atoms with Crippen LogP contribution in [0.15, 0.2) is 46.9 Å². The lowest BCUT2D eigenvalue weighted by molar-refractivity contribution is 0.355. The van der Waals surface area contributed by atoms with E-state index < -0.39 is 0 Å². The Hall–Kier alpha value is -2.35. The molecule has 1 aromatic carbocycles. The Bertz CT molecular complexity index is 1080. The molecular weight excluding hydrogens is 465 g/mol. The molecule has 0 aliphatic carbocycles. The number of aromatic nitrogens is 2. The standard InChI is InChI=1S/C23H25Cl2N5OS/c1-14-9-15(2)13-30(12-14)21-10-20(25)27-22(28-21)29-23(32)26-11-18-7-8-19(31-18)16-3-5-17(24)6-4-16/h3-8,10,14-15H,9,11-13H2,1-2H3,(H2,26,27,28,29,32)/t14-,15+. The summed E-state index contributed by atoms with van der Waals surface area (Å²) < 4.78 is 5.90. The van der Waals surface area contributed by atoms with Crippen LogP contribution in [0, 0.1) is 11.8 Å². The molecule has 0 bridgehead atoms. The van der Waals surface area contributed by atoms with Gasteiger partial charge in [-0.2, -0.15) is 4.98 Å². The van der Waals surface area contributed by atoms with Crippen LogP contribution in [0.25, 0.3) is 11.3 Å². The lowest BCUT2D eigenvalue weighted by atomic mass is 9.92. The molecule has 3 heterocycles. The smallest absolute Gasteiger partial charge is 0.232 e. The molecule has 1 fully saturated rings. The molecule has 3 aromatic rings. The van der Waals surface area contributed by atoms with E-state index in [1.165, 1.54) is 6.42 Å². The second kappa shape index (κ2) is 10.1. The topological polar surface area (TPSA) is 66.2 Å². The van der Waals surface area contributed by atoms with Crippen molar-refractivity contribution >= 4 is 52.3 Å². The molecule has 0 spiro atoms. The predicted octanol–water partition coefficient (Wildman–Crippen LogP) is 6.01. The Morgan fingerprint density at radius 3 is 2.53 bits per heavy atom. The van der Waals surface area contributed by atoms with Crippen LogP contribution < -0.4 is 15.5 Å². The molecule has 1 aliphatic rings. The molecule has 168 valence electrons. The van der Waals surface area contributed by atoms with Crippen LogP contribution in [0.5, 0.6) is 0 Å². The van der Waals surface area contributed by atoms with Crippen LogP contribution in [0.4, 0.5) is 11.8 Å². The SMILES string of the molecule is C[C@@H]1C[C@H](C)CN(c2cc(Cl)nc(NC(=S)NCc3ccc(-c4ccc(Cl)cc4)o3)n2)C1. The van der Waals surface area contributed by atoms with Gasteiger partial charge in [0.25, 0.3) is 0 Å². The number of nitrogens with zero attached hydrogens (tertiary/aromatic N) is 3. The van der Waals surface area contributed by atoms with Gasteiger partial charge in [0.05, 0.1) is 6.54 Å². The highest BCUT2D eigenvalue weighted by molar-refractivity contribution is 7.80. The molecule has 0 radical (unpaired) electrons. The number of thiocarbonyl (C=S) groups is 1. The lowest BCUT2D eigenvalue weighted by Gasteiger charge is -2.35. The first-order chi connectivity index (χ1) is 15.4. The maximum atomic E-state index is 6.26. The van der Waals surface area contributed by atoms with Crippen LogP contribution in [0.2, 0.25) is 10.2 Å². The molecule has 32 heavy (non-hydrogen) atoms. The summed E-state index contributed by atoms with van der Waals surface area (Å²) in [6.07, 6.45) is 1.22. The maximum absolute atomic E-state index is 6.26. The van der Waals surface area contributed by atoms with Crippen LogP contribution in [-0.4, -0.2) is 28.2 Å². The zero-order valence-corrected chi connectivity index (χ0v) is 20.3. The van der Waals surface area contributed by atoms with Gasteiger partial charge < -0.3 is 20.0 Å². The van der Waals surface area contributed by atoms with Gasteiger partial charge in [-0.1, -0.05) is 37.0 Å². The third-order valence-electron chi connectivity index (χ3n) is 5.31. The largest absolute Gasteiger partial charge is 0.459 e. The summed E-state index contributed by atoms with van der Waals surface area (Å²) in [6, 6.07) is 13.1. The van der Waals surface area contributed by atoms with Crippen molar-refractivity contribution in [3.05, 3.63) is 58.4 Å². The summed E-state index contributed by atoms with van der Waals surface area (Å²) in [6.45, 7) is 6.85. The predicted molar refractivity (Wildman–Crippen MR) is 134 cm³/mol. The minimum atomic E-state index is 0.372. The van der Waals surface area contributed by atoms with Crippen molar-refractivity contribution in [3.63, 3.8) is 0 Å². The zero-order valence-electron chi connectivity index (χ0n) is 17.9. The second-order valence-electron chi connectivity index (χ2n) is 8.30. The van der Waals surface area contributed by atoms with Crippen molar-refractivity contribution in [1.82, 2.24) is 15.3 Å². The van der Waals surface area contributed by atoms with Gasteiger partial charge in [0.2, 0.25) is 5.95 Å². The molecule has 1 aliphatic heterocycles. The zero-order chi connectivity index (χ0) is 22.7. The third-order valence-corrected chi connectivity index (χ3v) is 6.01. The molecule has 4 rings (SSSR count). The molecule has 2 N–H and O–H groups in total. The van der Waals surface area contributed by atoms with Crippen LogP contribution in [0.1, 0.15) is 26.0 Å². The minimum Gasteiger partial charge on any atom is -0.459 e. The quantitative estimate of drug-likeness (QED) is 0.335. The van der Waals surface area contributed by atoms with Crippen molar-refractivity contribution in [2.45, 2.75) is 26.8 Å². The van der Waals surface area contributed by atoms with Gasteiger partial charge in [0.15, 0.2) is 5.11 Å². The van der Waals surface area contributed by atoms with Crippen LogP contribution >= 0.6 is 35.4 Å². The fourth-order valence-electron chi connectivity index (χ4n) is 4.03. The summed E-state index contributed by atoms with van der Waals surface area (Å²) >= 11 is 17.6. The first-order valence-corrected chi connectivity index (χ1v) is 11.7. The Balaban J connectivity index is 1.36. The van der Waals surface area contributed by atoms with E-state index in [0.717, 1.165) is 36.0 Å². The van der Waals surface area contributed by atoms with Gasteiger partial charge in [-0.3, -0.25) is 0 Å². The van der Waals surface area contributed by atoms with Gasteiger partial charge in [-0.05, 0) is 66.9 Å². The molecule has 0 saturated carbocycles. The van der Waals surface area contributed by atoms with Crippen LogP contribution in [0.3, 0.4) is 0 Å². The normalized spacial score (nSPS) is 18.4. The monoisotopic (exact) mass is 489 g/mol. The molecule has 0 unspecified atom stereocenters.